The van der Waals surface area contributed by atoms with Gasteiger partial charge in [-0.3, -0.25) is 0 Å². The smallest absolute Gasteiger partial charge is 0.192 e. The van der Waals surface area contributed by atoms with Crippen LogP contribution in [0, 0.1) is 0 Å². The van der Waals surface area contributed by atoms with Crippen molar-refractivity contribution >= 4 is 22.2 Å². The molecule has 33 heavy (non-hydrogen) atoms. The molecule has 0 heterocycles. The van der Waals surface area contributed by atoms with Crippen LogP contribution in [0.5, 0.6) is 5.75 Å². The molecule has 3 nitrogen and oxygen atoms in total. The Morgan fingerprint density at radius 1 is 0.818 bits per heavy atom. The summed E-state index contributed by atoms with van der Waals surface area (Å²) < 4.78 is 19.4. The molecule has 0 amide bonds. The summed E-state index contributed by atoms with van der Waals surface area (Å²) in [5.74, 6) is 2.06. The van der Waals surface area contributed by atoms with Gasteiger partial charge in [0.2, 0.25) is 0 Å². The van der Waals surface area contributed by atoms with Crippen molar-refractivity contribution in [3.63, 3.8) is 0 Å². The highest BCUT2D eigenvalue weighted by atomic mass is 28.4. The van der Waals surface area contributed by atoms with Gasteiger partial charge in [0.05, 0.1) is 34.0 Å². The fraction of sp³-hybridized carbons (Fsp3) is 0.500. The van der Waals surface area contributed by atoms with E-state index in [-0.39, 0.29) is 17.1 Å². The van der Waals surface area contributed by atoms with Crippen LogP contribution in [0.2, 0.25) is 37.8 Å². The van der Waals surface area contributed by atoms with Crippen molar-refractivity contribution in [1.82, 2.24) is 0 Å². The third-order valence-electron chi connectivity index (χ3n) is 7.44. The van der Waals surface area contributed by atoms with E-state index in [2.05, 4.69) is 96.0 Å². The summed E-state index contributed by atoms with van der Waals surface area (Å²) >= 11 is 0. The van der Waals surface area contributed by atoms with Gasteiger partial charge in [0.1, 0.15) is 11.5 Å². The standard InChI is InChI=1S/C28H42O3Si2/c1-28(2,3)33(9,10)31-26-21-17-14-18-23(29-4)25(21)27(30-5)24(32(6,7)8)19-22(26)20-15-12-11-13-16-20/h11-18,22,26H,19H2,1-10H3. The number of hydrogen-bond acceptors (Lipinski definition) is 3. The van der Waals surface area contributed by atoms with Gasteiger partial charge in [-0.1, -0.05) is 82.9 Å². The molecule has 0 bridgehead atoms. The van der Waals surface area contributed by atoms with Crippen LogP contribution in [0.3, 0.4) is 0 Å². The monoisotopic (exact) mass is 482 g/mol. The third-order valence-corrected chi connectivity index (χ3v) is 14.1. The number of benzene rings is 2. The second-order valence-electron chi connectivity index (χ2n) is 11.7. The number of rotatable bonds is 6. The summed E-state index contributed by atoms with van der Waals surface area (Å²) in [6.45, 7) is 18.9. The first-order valence-electron chi connectivity index (χ1n) is 12.0. The van der Waals surface area contributed by atoms with E-state index >= 15 is 0 Å². The van der Waals surface area contributed by atoms with Gasteiger partial charge in [-0.15, -0.1) is 0 Å². The Morgan fingerprint density at radius 3 is 1.97 bits per heavy atom. The maximum absolute atomic E-state index is 7.29. The fourth-order valence-corrected chi connectivity index (χ4v) is 7.51. The Hall–Kier alpha value is -1.83. The Kier molecular flexibility index (Phi) is 7.37. The van der Waals surface area contributed by atoms with Crippen molar-refractivity contribution in [1.29, 1.82) is 0 Å². The molecule has 0 N–H and O–H groups in total. The largest absolute Gasteiger partial charge is 0.496 e. The molecule has 0 radical (unpaired) electrons. The van der Waals surface area contributed by atoms with Gasteiger partial charge in [0.25, 0.3) is 0 Å². The van der Waals surface area contributed by atoms with Gasteiger partial charge >= 0.3 is 0 Å². The highest BCUT2D eigenvalue weighted by Crippen LogP contribution is 2.52. The summed E-state index contributed by atoms with van der Waals surface area (Å²) in [6.07, 6.45) is 0.859. The molecule has 3 rings (SSSR count). The average Bonchev–Trinajstić information content (AvgIpc) is 2.88. The minimum Gasteiger partial charge on any atom is -0.496 e. The molecule has 180 valence electrons. The van der Waals surface area contributed by atoms with E-state index in [9.17, 15) is 0 Å². The zero-order valence-electron chi connectivity index (χ0n) is 22.2. The maximum atomic E-state index is 7.29. The lowest BCUT2D eigenvalue weighted by Gasteiger charge is -2.42. The number of hydrogen-bond donors (Lipinski definition) is 0. The molecule has 2 atom stereocenters. The highest BCUT2D eigenvalue weighted by Gasteiger charge is 2.45. The lowest BCUT2D eigenvalue weighted by molar-refractivity contribution is 0.152. The van der Waals surface area contributed by atoms with E-state index in [1.807, 2.05) is 6.07 Å². The Bertz CT molecular complexity index is 998. The third kappa shape index (κ3) is 5.15. The minimum absolute atomic E-state index is 0.0719. The van der Waals surface area contributed by atoms with Crippen LogP contribution in [0.4, 0.5) is 0 Å². The molecular weight excluding hydrogens is 440 g/mol. The van der Waals surface area contributed by atoms with Crippen LogP contribution in [-0.2, 0) is 9.16 Å². The lowest BCUT2D eigenvalue weighted by atomic mass is 9.87. The van der Waals surface area contributed by atoms with Gasteiger partial charge in [-0.05, 0) is 46.9 Å². The van der Waals surface area contributed by atoms with Gasteiger partial charge in [0, 0.05) is 5.92 Å². The molecule has 1 aliphatic rings. The fourth-order valence-electron chi connectivity index (χ4n) is 4.49. The lowest BCUT2D eigenvalue weighted by Crippen LogP contribution is -2.43. The summed E-state index contributed by atoms with van der Waals surface area (Å²) in [4.78, 5) is 0. The van der Waals surface area contributed by atoms with E-state index in [0.717, 1.165) is 23.5 Å². The van der Waals surface area contributed by atoms with Crippen LogP contribution >= 0.6 is 0 Å². The van der Waals surface area contributed by atoms with Crippen molar-refractivity contribution in [3.05, 3.63) is 70.4 Å². The zero-order valence-corrected chi connectivity index (χ0v) is 24.2. The second-order valence-corrected chi connectivity index (χ2v) is 21.6. The molecule has 0 saturated carbocycles. The molecule has 0 spiro atoms. The molecule has 2 aromatic rings. The first-order valence-corrected chi connectivity index (χ1v) is 18.4. The van der Waals surface area contributed by atoms with Crippen molar-refractivity contribution in [3.8, 4) is 5.75 Å². The van der Waals surface area contributed by atoms with Crippen molar-refractivity contribution in [2.75, 3.05) is 14.2 Å². The molecule has 2 aromatic carbocycles. The molecule has 5 heteroatoms. The quantitative estimate of drug-likeness (QED) is 0.388. The van der Waals surface area contributed by atoms with E-state index in [1.165, 1.54) is 16.3 Å². The topological polar surface area (TPSA) is 27.7 Å². The van der Waals surface area contributed by atoms with Crippen LogP contribution in [0.15, 0.2) is 53.7 Å². The van der Waals surface area contributed by atoms with Crippen LogP contribution in [-0.4, -0.2) is 30.6 Å². The number of methoxy groups -OCH3 is 2. The summed E-state index contributed by atoms with van der Waals surface area (Å²) in [7, 11) is -0.242. The SMILES string of the molecule is COC1=C([Si](C)(C)C)CC(c2ccccc2)C(O[Si](C)(C)C(C)(C)C)c2cccc(OC)c21. The van der Waals surface area contributed by atoms with Gasteiger partial charge < -0.3 is 13.9 Å². The molecule has 0 aliphatic heterocycles. The molecule has 0 saturated heterocycles. The van der Waals surface area contributed by atoms with Crippen LogP contribution < -0.4 is 4.74 Å². The first-order chi connectivity index (χ1) is 15.3. The van der Waals surface area contributed by atoms with Crippen LogP contribution in [0.25, 0.3) is 5.76 Å². The molecule has 0 aromatic heterocycles. The van der Waals surface area contributed by atoms with E-state index in [4.69, 9.17) is 13.9 Å². The minimum atomic E-state index is -2.07. The number of ether oxygens (including phenoxy) is 2. The van der Waals surface area contributed by atoms with E-state index in [0.29, 0.717) is 0 Å². The van der Waals surface area contributed by atoms with Gasteiger partial charge in [-0.2, -0.15) is 0 Å². The molecule has 2 unspecified atom stereocenters. The van der Waals surface area contributed by atoms with Crippen molar-refractivity contribution in [2.24, 2.45) is 0 Å². The second kappa shape index (κ2) is 9.43. The van der Waals surface area contributed by atoms with E-state index in [1.54, 1.807) is 14.2 Å². The van der Waals surface area contributed by atoms with Crippen molar-refractivity contribution in [2.45, 2.75) is 77.0 Å². The summed E-state index contributed by atoms with van der Waals surface area (Å²) in [5.41, 5.74) is 3.57. The van der Waals surface area contributed by atoms with Gasteiger partial charge in [0.15, 0.2) is 8.32 Å². The Balaban J connectivity index is 2.36. The predicted octanol–water partition coefficient (Wildman–Crippen LogP) is 8.18. The van der Waals surface area contributed by atoms with E-state index < -0.39 is 16.4 Å². The number of allylic oxidation sites excluding steroid dienone is 1. The summed E-state index contributed by atoms with van der Waals surface area (Å²) in [5, 5.41) is 1.55. The average molecular weight is 483 g/mol. The first kappa shape index (κ1) is 25.8. The molecular formula is C28H42O3Si2. The Labute approximate surface area is 203 Å². The molecule has 0 fully saturated rings. The zero-order chi connectivity index (χ0) is 24.6. The normalized spacial score (nSPS) is 19.7. The maximum Gasteiger partial charge on any atom is 0.192 e. The molecule has 1 aliphatic carbocycles. The number of fused-ring (bicyclic) bond motifs is 1. The van der Waals surface area contributed by atoms with Crippen LogP contribution in [0.1, 0.15) is 55.9 Å². The Morgan fingerprint density at radius 2 is 1.45 bits per heavy atom. The summed E-state index contributed by atoms with van der Waals surface area (Å²) in [6, 6.07) is 17.3. The predicted molar refractivity (Wildman–Crippen MR) is 145 cm³/mol. The highest BCUT2D eigenvalue weighted by molar-refractivity contribution is 6.84. The van der Waals surface area contributed by atoms with Crippen molar-refractivity contribution < 1.29 is 13.9 Å². The van der Waals surface area contributed by atoms with Gasteiger partial charge in [-0.25, -0.2) is 0 Å².